The van der Waals surface area contributed by atoms with E-state index in [2.05, 4.69) is 43.7 Å². The second-order valence-electron chi connectivity index (χ2n) is 13.4. The van der Waals surface area contributed by atoms with Gasteiger partial charge in [-0.05, 0) is 91.8 Å². The number of hydrogen-bond acceptors (Lipinski definition) is 3. The van der Waals surface area contributed by atoms with Gasteiger partial charge in [-0.1, -0.05) is 65.0 Å². The quantitative estimate of drug-likeness (QED) is 0.215. The Bertz CT molecular complexity index is 923. The third-order valence-electron chi connectivity index (χ3n) is 11.5. The predicted molar refractivity (Wildman–Crippen MR) is 145 cm³/mol. The van der Waals surface area contributed by atoms with Gasteiger partial charge in [0, 0.05) is 18.3 Å². The number of ether oxygens (including phenoxy) is 1. The summed E-state index contributed by atoms with van der Waals surface area (Å²) in [6, 6.07) is 0. The van der Waals surface area contributed by atoms with E-state index in [0.29, 0.717) is 23.7 Å². The lowest BCUT2D eigenvalue weighted by atomic mass is 9.47. The van der Waals surface area contributed by atoms with E-state index in [1.54, 1.807) is 18.1 Å². The molecule has 5 rings (SSSR count). The molecule has 1 aromatic heterocycles. The summed E-state index contributed by atoms with van der Waals surface area (Å²) in [5.74, 6) is 4.33. The molecule has 0 aliphatic heterocycles. The van der Waals surface area contributed by atoms with Crippen molar-refractivity contribution >= 4 is 5.97 Å². The van der Waals surface area contributed by atoms with E-state index in [1.165, 1.54) is 64.2 Å². The second kappa shape index (κ2) is 10.7. The average molecular weight is 495 g/mol. The molecule has 1 aromatic rings. The van der Waals surface area contributed by atoms with Gasteiger partial charge in [0.05, 0.1) is 12.7 Å². The molecule has 0 spiro atoms. The Labute approximate surface area is 219 Å². The molecule has 4 heteroatoms. The van der Waals surface area contributed by atoms with E-state index < -0.39 is 0 Å². The van der Waals surface area contributed by atoms with Gasteiger partial charge in [-0.2, -0.15) is 0 Å². The fraction of sp³-hybridized carbons (Fsp3) is 0.812. The van der Waals surface area contributed by atoms with E-state index in [1.807, 2.05) is 0 Å². The molecule has 200 valence electrons. The first-order chi connectivity index (χ1) is 17.3. The summed E-state index contributed by atoms with van der Waals surface area (Å²) in [6.45, 7) is 10.1. The van der Waals surface area contributed by atoms with Crippen LogP contribution in [-0.4, -0.2) is 22.0 Å². The van der Waals surface area contributed by atoms with Crippen LogP contribution >= 0.6 is 0 Å². The maximum absolute atomic E-state index is 12.5. The van der Waals surface area contributed by atoms with Gasteiger partial charge in [0.1, 0.15) is 6.10 Å². The van der Waals surface area contributed by atoms with E-state index in [-0.39, 0.29) is 12.1 Å². The van der Waals surface area contributed by atoms with Crippen molar-refractivity contribution in [2.75, 3.05) is 0 Å². The van der Waals surface area contributed by atoms with Crippen LogP contribution in [0.1, 0.15) is 117 Å². The lowest BCUT2D eigenvalue weighted by Gasteiger charge is -2.58. The number of nitrogens with zero attached hydrogens (tertiary/aromatic N) is 1. The Hall–Kier alpha value is -1.58. The summed E-state index contributed by atoms with van der Waals surface area (Å²) < 4.78 is 5.97. The largest absolute Gasteiger partial charge is 0.462 e. The number of fused-ring (bicyclic) bond motifs is 5. The average Bonchev–Trinajstić information content (AvgIpc) is 3.50. The monoisotopic (exact) mass is 494 g/mol. The van der Waals surface area contributed by atoms with Crippen molar-refractivity contribution in [2.24, 2.45) is 40.4 Å². The number of carbonyl (C=O) groups is 1. The highest BCUT2D eigenvalue weighted by atomic mass is 16.5. The number of esters is 1. The van der Waals surface area contributed by atoms with Crippen molar-refractivity contribution in [3.63, 3.8) is 0 Å². The summed E-state index contributed by atoms with van der Waals surface area (Å²) in [5, 5.41) is 0. The normalized spacial score (nSPS) is 38.4. The Morgan fingerprint density at radius 3 is 2.81 bits per heavy atom. The third kappa shape index (κ3) is 4.83. The van der Waals surface area contributed by atoms with Crippen molar-refractivity contribution in [3.05, 3.63) is 29.9 Å². The standard InChI is InChI=1S/C32H50N2O2/c1-5-6-7-8-22(2)27-12-13-28-26-11-9-23-19-25(36-30(35)14-10-24-20-33-21-34-24)15-17-31(23,3)29(26)16-18-32(27,28)4/h9,20-22,25-29H,5-8,10-19H2,1-4H3,(H,33,34). The van der Waals surface area contributed by atoms with Crippen molar-refractivity contribution in [2.45, 2.75) is 124 Å². The number of unbranched alkanes of at least 4 members (excludes halogenated alkanes) is 2. The topological polar surface area (TPSA) is 55.0 Å². The lowest BCUT2D eigenvalue weighted by molar-refractivity contribution is -0.151. The van der Waals surface area contributed by atoms with Crippen LogP contribution < -0.4 is 0 Å². The highest BCUT2D eigenvalue weighted by Gasteiger charge is 2.59. The second-order valence-corrected chi connectivity index (χ2v) is 13.4. The molecular formula is C32H50N2O2. The Kier molecular flexibility index (Phi) is 7.71. The zero-order valence-electron chi connectivity index (χ0n) is 23.4. The Morgan fingerprint density at radius 1 is 1.17 bits per heavy atom. The van der Waals surface area contributed by atoms with E-state index in [9.17, 15) is 4.79 Å². The van der Waals surface area contributed by atoms with Gasteiger partial charge < -0.3 is 9.72 Å². The first kappa shape index (κ1) is 26.0. The van der Waals surface area contributed by atoms with Crippen LogP contribution in [0, 0.1) is 40.4 Å². The van der Waals surface area contributed by atoms with Gasteiger partial charge in [0.25, 0.3) is 0 Å². The smallest absolute Gasteiger partial charge is 0.306 e. The van der Waals surface area contributed by atoms with Gasteiger partial charge >= 0.3 is 5.97 Å². The molecule has 8 unspecified atom stereocenters. The highest BCUT2D eigenvalue weighted by Crippen LogP contribution is 2.67. The van der Waals surface area contributed by atoms with Crippen LogP contribution in [0.4, 0.5) is 0 Å². The Morgan fingerprint density at radius 2 is 2.03 bits per heavy atom. The zero-order valence-corrected chi connectivity index (χ0v) is 23.4. The number of carbonyl (C=O) groups excluding carboxylic acids is 1. The Balaban J connectivity index is 1.21. The molecule has 4 nitrogen and oxygen atoms in total. The highest BCUT2D eigenvalue weighted by molar-refractivity contribution is 5.69. The van der Waals surface area contributed by atoms with Crippen molar-refractivity contribution in [3.8, 4) is 0 Å². The van der Waals surface area contributed by atoms with E-state index in [0.717, 1.165) is 48.1 Å². The fourth-order valence-corrected chi connectivity index (χ4v) is 9.52. The summed E-state index contributed by atoms with van der Waals surface area (Å²) in [4.78, 5) is 19.6. The molecule has 3 fully saturated rings. The predicted octanol–water partition coefficient (Wildman–Crippen LogP) is 8.05. The molecule has 1 N–H and O–H groups in total. The van der Waals surface area contributed by atoms with Crippen LogP contribution in [0.3, 0.4) is 0 Å². The van der Waals surface area contributed by atoms with Gasteiger partial charge in [-0.15, -0.1) is 0 Å². The molecule has 0 aromatic carbocycles. The van der Waals surface area contributed by atoms with Gasteiger partial charge in [-0.3, -0.25) is 4.79 Å². The molecule has 4 aliphatic rings. The van der Waals surface area contributed by atoms with Crippen molar-refractivity contribution in [1.29, 1.82) is 0 Å². The lowest BCUT2D eigenvalue weighted by Crippen LogP contribution is -2.51. The first-order valence-electron chi connectivity index (χ1n) is 15.2. The molecule has 36 heavy (non-hydrogen) atoms. The maximum Gasteiger partial charge on any atom is 0.306 e. The number of hydrogen-bond donors (Lipinski definition) is 1. The van der Waals surface area contributed by atoms with Crippen LogP contribution in [0.5, 0.6) is 0 Å². The molecule has 3 saturated carbocycles. The van der Waals surface area contributed by atoms with Crippen LogP contribution in [0.25, 0.3) is 0 Å². The molecule has 8 atom stereocenters. The van der Waals surface area contributed by atoms with Gasteiger partial charge in [0.15, 0.2) is 0 Å². The fourth-order valence-electron chi connectivity index (χ4n) is 9.52. The summed E-state index contributed by atoms with van der Waals surface area (Å²) in [7, 11) is 0. The number of aromatic nitrogens is 2. The molecule has 0 bridgehead atoms. The van der Waals surface area contributed by atoms with Crippen LogP contribution in [-0.2, 0) is 16.0 Å². The molecule has 0 amide bonds. The van der Waals surface area contributed by atoms with Gasteiger partial charge in [-0.25, -0.2) is 4.98 Å². The van der Waals surface area contributed by atoms with Crippen LogP contribution in [0.2, 0.25) is 0 Å². The number of nitrogens with one attached hydrogen (secondary N) is 1. The molecular weight excluding hydrogens is 444 g/mol. The molecule has 0 saturated heterocycles. The molecule has 1 heterocycles. The van der Waals surface area contributed by atoms with E-state index >= 15 is 0 Å². The summed E-state index contributed by atoms with van der Waals surface area (Å²) in [6.07, 6.45) is 23.0. The van der Waals surface area contributed by atoms with Crippen molar-refractivity contribution in [1.82, 2.24) is 9.97 Å². The SMILES string of the molecule is CCCCCC(C)C1CCC2C3CC=C4CC(OC(=O)CCc5cnc[nH]5)CCC4(C)C3CCC12C. The molecule has 4 aliphatic carbocycles. The summed E-state index contributed by atoms with van der Waals surface area (Å²) in [5.41, 5.74) is 3.47. The zero-order chi connectivity index (χ0) is 25.3. The summed E-state index contributed by atoms with van der Waals surface area (Å²) >= 11 is 0. The minimum atomic E-state index is -0.0639. The number of rotatable bonds is 9. The number of aromatic amines is 1. The minimum absolute atomic E-state index is 0.0591. The number of aryl methyl sites for hydroxylation is 1. The molecule has 0 radical (unpaired) electrons. The minimum Gasteiger partial charge on any atom is -0.462 e. The third-order valence-corrected chi connectivity index (χ3v) is 11.5. The van der Waals surface area contributed by atoms with E-state index in [4.69, 9.17) is 4.74 Å². The first-order valence-corrected chi connectivity index (χ1v) is 15.2. The number of allylic oxidation sites excluding steroid dienone is 1. The van der Waals surface area contributed by atoms with Gasteiger partial charge in [0.2, 0.25) is 0 Å². The number of imidazole rings is 1. The van der Waals surface area contributed by atoms with Crippen molar-refractivity contribution < 1.29 is 9.53 Å². The number of H-pyrrole nitrogens is 1. The van der Waals surface area contributed by atoms with Crippen LogP contribution in [0.15, 0.2) is 24.2 Å². The maximum atomic E-state index is 12.5.